The predicted molar refractivity (Wildman–Crippen MR) is 117 cm³/mol. The molecular weight excluding hydrogens is 394 g/mol. The van der Waals surface area contributed by atoms with Crippen LogP contribution in [0.3, 0.4) is 0 Å². The van der Waals surface area contributed by atoms with Crippen LogP contribution in [-0.2, 0) is 22.5 Å². The number of fused-ring (bicyclic) bond motifs is 2. The molecule has 1 atom stereocenters. The fourth-order valence-corrected chi connectivity index (χ4v) is 4.87. The minimum Gasteiger partial charge on any atom is -0.370 e. The number of carbonyl (C=O) groups excluding carboxylic acids is 1. The van der Waals surface area contributed by atoms with Crippen molar-refractivity contribution in [3.8, 4) is 11.1 Å². The van der Waals surface area contributed by atoms with Crippen LogP contribution in [0.4, 0.5) is 0 Å². The fourth-order valence-electron chi connectivity index (χ4n) is 4.87. The van der Waals surface area contributed by atoms with Gasteiger partial charge in [-0.05, 0) is 57.2 Å². The number of carbonyl (C=O) groups is 1. The number of H-pyrrole nitrogens is 1. The van der Waals surface area contributed by atoms with Gasteiger partial charge in [-0.2, -0.15) is 5.10 Å². The second-order valence-corrected chi connectivity index (χ2v) is 9.14. The molecule has 0 aliphatic carbocycles. The number of nitrogens with zero attached hydrogens (tertiary/aromatic N) is 2. The summed E-state index contributed by atoms with van der Waals surface area (Å²) < 4.78 is 13.9. The summed E-state index contributed by atoms with van der Waals surface area (Å²) in [6.07, 6.45) is 6.06. The van der Waals surface area contributed by atoms with Crippen molar-refractivity contribution >= 4 is 17.2 Å². The van der Waals surface area contributed by atoms with Gasteiger partial charge in [-0.3, -0.25) is 9.59 Å². The summed E-state index contributed by atoms with van der Waals surface area (Å²) >= 11 is 0. The number of ether oxygens (including phenoxy) is 2. The molecule has 4 heterocycles. The van der Waals surface area contributed by atoms with Crippen molar-refractivity contribution in [3.05, 3.63) is 51.1 Å². The summed E-state index contributed by atoms with van der Waals surface area (Å²) in [5, 5.41) is 5.56. The Morgan fingerprint density at radius 1 is 1.26 bits per heavy atom. The van der Waals surface area contributed by atoms with E-state index in [0.717, 1.165) is 59.2 Å². The molecule has 2 aliphatic rings. The lowest BCUT2D eigenvalue weighted by atomic mass is 9.86. The first-order valence-electron chi connectivity index (χ1n) is 10.9. The van der Waals surface area contributed by atoms with Gasteiger partial charge in [0.2, 0.25) is 0 Å². The first-order valence-corrected chi connectivity index (χ1v) is 10.9. The molecule has 0 spiro atoms. The van der Waals surface area contributed by atoms with Crippen LogP contribution >= 0.6 is 0 Å². The quantitative estimate of drug-likeness (QED) is 0.645. The van der Waals surface area contributed by atoms with E-state index in [-0.39, 0.29) is 23.0 Å². The Balaban J connectivity index is 1.77. The van der Waals surface area contributed by atoms with Crippen LogP contribution in [0.1, 0.15) is 66.5 Å². The Bertz CT molecular complexity index is 1230. The Kier molecular flexibility index (Phi) is 4.83. The number of aromatic nitrogens is 3. The number of pyridine rings is 1. The molecule has 7 nitrogen and oxygen atoms in total. The van der Waals surface area contributed by atoms with Gasteiger partial charge in [0.15, 0.2) is 12.5 Å². The molecule has 1 aromatic carbocycles. The van der Waals surface area contributed by atoms with Gasteiger partial charge in [-0.1, -0.05) is 6.07 Å². The molecule has 1 N–H and O–H groups in total. The van der Waals surface area contributed by atoms with Crippen molar-refractivity contribution in [3.63, 3.8) is 0 Å². The van der Waals surface area contributed by atoms with Gasteiger partial charge in [0.1, 0.15) is 0 Å². The molecule has 5 rings (SSSR count). The van der Waals surface area contributed by atoms with Crippen molar-refractivity contribution < 1.29 is 14.3 Å². The summed E-state index contributed by atoms with van der Waals surface area (Å²) in [6, 6.07) is 4.06. The van der Waals surface area contributed by atoms with Crippen molar-refractivity contribution in [1.29, 1.82) is 0 Å². The van der Waals surface area contributed by atoms with Crippen molar-refractivity contribution in [2.75, 3.05) is 6.61 Å². The number of hydrogen-bond donors (Lipinski definition) is 1. The van der Waals surface area contributed by atoms with Crippen LogP contribution in [0.15, 0.2) is 23.1 Å². The molecule has 0 amide bonds. The SMILES string of the molecule is Cc1ccc2c(cnn2C2CCCCO2)c1-c1c2c([nH]c(=O)c1C=O)CC(C)(C)OC2. The predicted octanol–water partition coefficient (Wildman–Crippen LogP) is 4.06. The second kappa shape index (κ2) is 7.43. The van der Waals surface area contributed by atoms with E-state index in [1.54, 1.807) is 0 Å². The molecule has 1 unspecified atom stereocenters. The highest BCUT2D eigenvalue weighted by molar-refractivity contribution is 6.02. The Hall–Kier alpha value is -2.77. The summed E-state index contributed by atoms with van der Waals surface area (Å²) in [6.45, 7) is 7.07. The van der Waals surface area contributed by atoms with E-state index in [4.69, 9.17) is 9.47 Å². The zero-order valence-electron chi connectivity index (χ0n) is 18.2. The molecule has 3 aromatic rings. The molecule has 0 bridgehead atoms. The lowest BCUT2D eigenvalue weighted by molar-refractivity contribution is -0.0411. The number of aromatic amines is 1. The van der Waals surface area contributed by atoms with Gasteiger partial charge >= 0.3 is 0 Å². The average molecular weight is 421 g/mol. The van der Waals surface area contributed by atoms with Gasteiger partial charge < -0.3 is 14.5 Å². The standard InChI is InChI=1S/C24H27N3O4/c1-14-7-8-19-15(11-25-27(19)20-6-4-5-9-30-20)21(14)22-16(12-28)23(29)26-18-10-24(2,3)31-13-17(18)22/h7-8,11-12,20H,4-6,9-10,13H2,1-3H3,(H,26,29). The number of benzene rings is 1. The van der Waals surface area contributed by atoms with E-state index in [1.807, 2.05) is 43.8 Å². The third-order valence-corrected chi connectivity index (χ3v) is 6.44. The van der Waals surface area contributed by atoms with E-state index in [9.17, 15) is 9.59 Å². The van der Waals surface area contributed by atoms with Crippen LogP contribution in [0.5, 0.6) is 0 Å². The molecule has 0 radical (unpaired) electrons. The zero-order valence-corrected chi connectivity index (χ0v) is 18.2. The summed E-state index contributed by atoms with van der Waals surface area (Å²) in [5.41, 5.74) is 4.57. The number of rotatable bonds is 3. The van der Waals surface area contributed by atoms with E-state index < -0.39 is 0 Å². The highest BCUT2D eigenvalue weighted by Gasteiger charge is 2.32. The van der Waals surface area contributed by atoms with Gasteiger partial charge in [0, 0.05) is 35.2 Å². The largest absolute Gasteiger partial charge is 0.370 e. The first-order chi connectivity index (χ1) is 14.9. The van der Waals surface area contributed by atoms with E-state index >= 15 is 0 Å². The molecule has 7 heteroatoms. The zero-order chi connectivity index (χ0) is 21.8. The highest BCUT2D eigenvalue weighted by Crippen LogP contribution is 2.40. The van der Waals surface area contributed by atoms with Crippen LogP contribution in [-0.4, -0.2) is 33.3 Å². The van der Waals surface area contributed by atoms with Gasteiger partial charge in [-0.25, -0.2) is 4.68 Å². The maximum Gasteiger partial charge on any atom is 0.259 e. The molecule has 2 aromatic heterocycles. The average Bonchev–Trinajstić information content (AvgIpc) is 3.17. The Morgan fingerprint density at radius 2 is 2.10 bits per heavy atom. The second-order valence-electron chi connectivity index (χ2n) is 9.14. The topological polar surface area (TPSA) is 86.2 Å². The maximum absolute atomic E-state index is 12.9. The maximum atomic E-state index is 12.9. The molecule has 162 valence electrons. The van der Waals surface area contributed by atoms with E-state index in [0.29, 0.717) is 24.9 Å². The number of aryl methyl sites for hydroxylation is 1. The molecule has 1 fully saturated rings. The van der Waals surface area contributed by atoms with Crippen LogP contribution in [0, 0.1) is 6.92 Å². The monoisotopic (exact) mass is 421 g/mol. The summed E-state index contributed by atoms with van der Waals surface area (Å²) in [5.74, 6) is 0. The normalized spacial score (nSPS) is 20.5. The van der Waals surface area contributed by atoms with E-state index in [2.05, 4.69) is 10.1 Å². The van der Waals surface area contributed by atoms with Crippen molar-refractivity contribution in [2.45, 2.75) is 64.9 Å². The first kappa shape index (κ1) is 20.2. The van der Waals surface area contributed by atoms with E-state index in [1.165, 1.54) is 0 Å². The van der Waals surface area contributed by atoms with Crippen molar-refractivity contribution in [2.24, 2.45) is 0 Å². The minimum atomic E-state index is -0.375. The van der Waals surface area contributed by atoms with Crippen LogP contribution < -0.4 is 5.56 Å². The Morgan fingerprint density at radius 3 is 2.84 bits per heavy atom. The smallest absolute Gasteiger partial charge is 0.259 e. The van der Waals surface area contributed by atoms with Gasteiger partial charge in [-0.15, -0.1) is 0 Å². The van der Waals surface area contributed by atoms with Gasteiger partial charge in [0.25, 0.3) is 5.56 Å². The number of nitrogens with one attached hydrogen (secondary N) is 1. The lowest BCUT2D eigenvalue weighted by Crippen LogP contribution is -2.35. The van der Waals surface area contributed by atoms with Gasteiger partial charge in [0.05, 0.1) is 29.5 Å². The number of aldehydes is 1. The molecular formula is C24H27N3O4. The van der Waals surface area contributed by atoms with Crippen LogP contribution in [0.25, 0.3) is 22.0 Å². The van der Waals surface area contributed by atoms with Crippen LogP contribution in [0.2, 0.25) is 0 Å². The molecule has 2 aliphatic heterocycles. The fraction of sp³-hybridized carbons (Fsp3) is 0.458. The Labute approximate surface area is 180 Å². The summed E-state index contributed by atoms with van der Waals surface area (Å²) in [4.78, 5) is 27.8. The number of hydrogen-bond acceptors (Lipinski definition) is 5. The van der Waals surface area contributed by atoms with Crippen molar-refractivity contribution in [1.82, 2.24) is 14.8 Å². The molecule has 1 saturated heterocycles. The third-order valence-electron chi connectivity index (χ3n) is 6.44. The highest BCUT2D eigenvalue weighted by atomic mass is 16.5. The minimum absolute atomic E-state index is 0.0930. The molecule has 0 saturated carbocycles. The molecule has 31 heavy (non-hydrogen) atoms. The summed E-state index contributed by atoms with van der Waals surface area (Å²) in [7, 11) is 0. The third kappa shape index (κ3) is 3.32. The lowest BCUT2D eigenvalue weighted by Gasteiger charge is -2.33.